The van der Waals surface area contributed by atoms with Gasteiger partial charge in [-0.3, -0.25) is 0 Å². The maximum absolute atomic E-state index is 10.4. The summed E-state index contributed by atoms with van der Waals surface area (Å²) in [5, 5.41) is 34.2. The fourth-order valence-corrected chi connectivity index (χ4v) is 7.62. The molecule has 5 nitrogen and oxygen atoms in total. The van der Waals surface area contributed by atoms with E-state index in [-0.39, 0.29) is 0 Å². The summed E-state index contributed by atoms with van der Waals surface area (Å²) >= 11 is 0. The maximum Gasteiger partial charge on any atom is 0.101 e. The Morgan fingerprint density at radius 2 is 1.20 bits per heavy atom. The number of hydrogen-bond donors (Lipinski definition) is 0. The van der Waals surface area contributed by atoms with Crippen molar-refractivity contribution in [1.29, 1.82) is 15.8 Å². The van der Waals surface area contributed by atoms with E-state index in [9.17, 15) is 15.8 Å². The molecule has 0 aliphatic heterocycles. The first-order valence-corrected chi connectivity index (χ1v) is 16.8. The summed E-state index contributed by atoms with van der Waals surface area (Å²) < 4.78 is 4.35. The van der Waals surface area contributed by atoms with Crippen molar-refractivity contribution in [3.05, 3.63) is 180 Å². The third kappa shape index (κ3) is 4.67. The van der Waals surface area contributed by atoms with Gasteiger partial charge in [0.15, 0.2) is 0 Å². The van der Waals surface area contributed by atoms with Crippen LogP contribution in [0.3, 0.4) is 0 Å². The van der Waals surface area contributed by atoms with Crippen LogP contribution >= 0.6 is 0 Å². The van der Waals surface area contributed by atoms with Crippen LogP contribution in [-0.4, -0.2) is 9.13 Å². The Hall–Kier alpha value is -7.39. The van der Waals surface area contributed by atoms with Crippen LogP contribution in [0, 0.1) is 34.0 Å². The molecule has 0 atom stereocenters. The summed E-state index contributed by atoms with van der Waals surface area (Å²) in [4.78, 5) is 0. The number of fused-ring (bicyclic) bond motifs is 6. The van der Waals surface area contributed by atoms with Gasteiger partial charge in [0, 0.05) is 32.8 Å². The van der Waals surface area contributed by atoms with E-state index >= 15 is 0 Å². The highest BCUT2D eigenvalue weighted by Gasteiger charge is 2.20. The van der Waals surface area contributed by atoms with E-state index in [4.69, 9.17) is 0 Å². The molecule has 51 heavy (non-hydrogen) atoms. The van der Waals surface area contributed by atoms with E-state index in [2.05, 4.69) is 112 Å². The lowest BCUT2D eigenvalue weighted by Crippen LogP contribution is -2.03. The summed E-state index contributed by atoms with van der Waals surface area (Å²) in [6, 6.07) is 49.6. The molecule has 9 rings (SSSR count). The Balaban J connectivity index is 1.15. The summed E-state index contributed by atoms with van der Waals surface area (Å²) in [7, 11) is 0. The normalized spacial score (nSPS) is 12.7. The van der Waals surface area contributed by atoms with Gasteiger partial charge in [0.1, 0.15) is 12.1 Å². The summed E-state index contributed by atoms with van der Waals surface area (Å²) in [6.07, 6.45) is 9.34. The van der Waals surface area contributed by atoms with Gasteiger partial charge in [0.25, 0.3) is 0 Å². The van der Waals surface area contributed by atoms with Crippen LogP contribution < -0.4 is 0 Å². The third-order valence-electron chi connectivity index (χ3n) is 9.90. The fraction of sp³-hybridized carbons (Fsp3) is 0.0217. The lowest BCUT2D eigenvalue weighted by atomic mass is 9.97. The highest BCUT2D eigenvalue weighted by Crippen LogP contribution is 2.39. The molecule has 0 saturated heterocycles. The van der Waals surface area contributed by atoms with Gasteiger partial charge in [-0.15, -0.1) is 0 Å². The fourth-order valence-electron chi connectivity index (χ4n) is 7.62. The van der Waals surface area contributed by atoms with Gasteiger partial charge in [-0.2, -0.15) is 15.8 Å². The van der Waals surface area contributed by atoms with Crippen molar-refractivity contribution in [2.45, 2.75) is 6.42 Å². The molecule has 1 aliphatic rings. The third-order valence-corrected chi connectivity index (χ3v) is 9.90. The lowest BCUT2D eigenvalue weighted by Gasteiger charge is -2.17. The number of nitrogens with zero attached hydrogens (tertiary/aromatic N) is 5. The quantitative estimate of drug-likeness (QED) is 0.190. The van der Waals surface area contributed by atoms with Gasteiger partial charge in [0.2, 0.25) is 0 Å². The highest BCUT2D eigenvalue weighted by molar-refractivity contribution is 6.11. The monoisotopic (exact) mass is 649 g/mol. The SMILES string of the molecule is N#Cc1ccc2c(c1)c1ccccc1n2-c1c(C#N)cccc1C1=CC=C(c2ccc(-n3c4ccccc4c4cccc(C#N)c43)cc2)C=CC1. The number of allylic oxidation sites excluding steroid dienone is 6. The van der Waals surface area contributed by atoms with Crippen LogP contribution in [0.2, 0.25) is 0 Å². The molecule has 8 aromatic rings. The minimum atomic E-state index is 0.582. The first kappa shape index (κ1) is 29.7. The Morgan fingerprint density at radius 3 is 1.96 bits per heavy atom. The van der Waals surface area contributed by atoms with Crippen LogP contribution in [-0.2, 0) is 0 Å². The van der Waals surface area contributed by atoms with Crippen molar-refractivity contribution in [3.63, 3.8) is 0 Å². The van der Waals surface area contributed by atoms with Crippen LogP contribution in [0.25, 0.3) is 66.1 Å². The van der Waals surface area contributed by atoms with Crippen LogP contribution in [0.15, 0.2) is 152 Å². The first-order chi connectivity index (χ1) is 25.2. The molecule has 5 heteroatoms. The van der Waals surface area contributed by atoms with Crippen molar-refractivity contribution in [2.75, 3.05) is 0 Å². The number of para-hydroxylation sites is 4. The van der Waals surface area contributed by atoms with E-state index in [0.29, 0.717) is 23.1 Å². The summed E-state index contributed by atoms with van der Waals surface area (Å²) in [5.41, 5.74) is 11.8. The molecular formula is C46H27N5. The van der Waals surface area contributed by atoms with E-state index < -0.39 is 0 Å². The lowest BCUT2D eigenvalue weighted by molar-refractivity contribution is 1.15. The predicted octanol–water partition coefficient (Wildman–Crippen LogP) is 10.9. The molecule has 0 fully saturated rings. The molecule has 0 radical (unpaired) electrons. The molecule has 0 spiro atoms. The second-order valence-corrected chi connectivity index (χ2v) is 12.6. The molecule has 236 valence electrons. The molecule has 0 bridgehead atoms. The van der Waals surface area contributed by atoms with Crippen molar-refractivity contribution in [1.82, 2.24) is 9.13 Å². The van der Waals surface area contributed by atoms with Gasteiger partial charge in [0.05, 0.1) is 50.5 Å². The molecule has 0 unspecified atom stereocenters. The second-order valence-electron chi connectivity index (χ2n) is 12.6. The van der Waals surface area contributed by atoms with E-state index in [0.717, 1.165) is 77.3 Å². The van der Waals surface area contributed by atoms with Gasteiger partial charge in [-0.1, -0.05) is 97.1 Å². The number of rotatable bonds is 4. The Bertz CT molecular complexity index is 2960. The predicted molar refractivity (Wildman–Crippen MR) is 205 cm³/mol. The van der Waals surface area contributed by atoms with Crippen LogP contribution in [0.4, 0.5) is 0 Å². The topological polar surface area (TPSA) is 81.2 Å². The van der Waals surface area contributed by atoms with E-state index in [1.807, 2.05) is 66.7 Å². The Morgan fingerprint density at radius 1 is 0.529 bits per heavy atom. The van der Waals surface area contributed by atoms with Gasteiger partial charge in [-0.25, -0.2) is 0 Å². The highest BCUT2D eigenvalue weighted by atomic mass is 15.0. The molecule has 1 aliphatic carbocycles. The molecule has 6 aromatic carbocycles. The van der Waals surface area contributed by atoms with E-state index in [1.54, 1.807) is 0 Å². The maximum atomic E-state index is 10.4. The molecule has 0 N–H and O–H groups in total. The molecule has 2 aromatic heterocycles. The van der Waals surface area contributed by atoms with Crippen molar-refractivity contribution >= 4 is 54.8 Å². The molecule has 0 amide bonds. The van der Waals surface area contributed by atoms with Gasteiger partial charge >= 0.3 is 0 Å². The zero-order chi connectivity index (χ0) is 34.5. The van der Waals surface area contributed by atoms with E-state index in [1.165, 1.54) is 0 Å². The zero-order valence-electron chi connectivity index (χ0n) is 27.4. The summed E-state index contributed by atoms with van der Waals surface area (Å²) in [5.74, 6) is 0. The Labute approximate surface area is 294 Å². The number of hydrogen-bond acceptors (Lipinski definition) is 3. The Kier molecular flexibility index (Phi) is 6.96. The first-order valence-electron chi connectivity index (χ1n) is 16.8. The second kappa shape index (κ2) is 11.9. The van der Waals surface area contributed by atoms with Crippen molar-refractivity contribution < 1.29 is 0 Å². The van der Waals surface area contributed by atoms with Gasteiger partial charge in [-0.05, 0) is 77.7 Å². The summed E-state index contributed by atoms with van der Waals surface area (Å²) in [6.45, 7) is 0. The number of aromatic nitrogens is 2. The smallest absolute Gasteiger partial charge is 0.101 e. The average Bonchev–Trinajstić information content (AvgIpc) is 3.58. The van der Waals surface area contributed by atoms with Gasteiger partial charge < -0.3 is 9.13 Å². The van der Waals surface area contributed by atoms with Crippen molar-refractivity contribution in [3.8, 4) is 29.6 Å². The van der Waals surface area contributed by atoms with Crippen LogP contribution in [0.5, 0.6) is 0 Å². The molecule has 0 saturated carbocycles. The average molecular weight is 650 g/mol. The molecular weight excluding hydrogens is 623 g/mol. The standard InChI is InChI=1S/C46H27N5/c47-27-30-18-25-44-41(26-30)39-13-2-4-17-43(39)51(44)45-34(28-48)10-6-14-37(45)33-9-5-8-31(19-20-33)32-21-23-36(24-22-32)50-42-16-3-1-12-38(42)40-15-7-11-35(29-49)46(40)50/h1-8,10-26H,9H2. The molecule has 2 heterocycles. The number of benzene rings is 6. The minimum absolute atomic E-state index is 0.582. The largest absolute Gasteiger partial charge is 0.308 e. The zero-order valence-corrected chi connectivity index (χ0v) is 27.4. The number of nitriles is 3. The van der Waals surface area contributed by atoms with Crippen LogP contribution in [0.1, 0.15) is 34.2 Å². The minimum Gasteiger partial charge on any atom is -0.308 e. The van der Waals surface area contributed by atoms with Crippen molar-refractivity contribution in [2.24, 2.45) is 0 Å².